The number of benzene rings is 1. The molecule has 0 spiro atoms. The van der Waals surface area contributed by atoms with Gasteiger partial charge in [0, 0.05) is 23.9 Å². The molecular weight excluding hydrogens is 342 g/mol. The smallest absolute Gasteiger partial charge is 0.246 e. The number of amides is 1. The van der Waals surface area contributed by atoms with Gasteiger partial charge in [0.15, 0.2) is 11.5 Å². The van der Waals surface area contributed by atoms with Crippen LogP contribution in [0.1, 0.15) is 50.5 Å². The van der Waals surface area contributed by atoms with Gasteiger partial charge >= 0.3 is 0 Å². The maximum atomic E-state index is 13.0. The zero-order chi connectivity index (χ0) is 19.2. The van der Waals surface area contributed by atoms with Crippen LogP contribution in [-0.2, 0) is 4.79 Å². The topological polar surface area (TPSA) is 77.1 Å². The normalized spacial score (nSPS) is 22.3. The van der Waals surface area contributed by atoms with Crippen molar-refractivity contribution in [1.29, 1.82) is 0 Å². The minimum Gasteiger partial charge on any atom is -0.493 e. The third kappa shape index (κ3) is 4.26. The first kappa shape index (κ1) is 19.7. The molecule has 6 nitrogen and oxygen atoms in total. The van der Waals surface area contributed by atoms with E-state index in [1.165, 1.54) is 0 Å². The van der Waals surface area contributed by atoms with E-state index >= 15 is 0 Å². The molecule has 1 aliphatic heterocycles. The number of rotatable bonds is 8. The summed E-state index contributed by atoms with van der Waals surface area (Å²) in [6.45, 7) is 1.36. The maximum absolute atomic E-state index is 13.0. The number of hydrogen-bond donors (Lipinski definition) is 1. The van der Waals surface area contributed by atoms with Gasteiger partial charge in [-0.05, 0) is 50.4 Å². The summed E-state index contributed by atoms with van der Waals surface area (Å²) in [4.78, 5) is 13.0. The first-order valence-corrected chi connectivity index (χ1v) is 10.0. The van der Waals surface area contributed by atoms with E-state index in [4.69, 9.17) is 20.3 Å². The van der Waals surface area contributed by atoms with Crippen molar-refractivity contribution in [2.24, 2.45) is 22.7 Å². The number of fused-ring (bicyclic) bond motifs is 1. The fourth-order valence-electron chi connectivity index (χ4n) is 4.21. The highest BCUT2D eigenvalue weighted by Gasteiger charge is 2.41. The zero-order valence-corrected chi connectivity index (χ0v) is 16.4. The number of carbonyl (C=O) groups excluding carboxylic acids is 1. The molecule has 27 heavy (non-hydrogen) atoms. The lowest BCUT2D eigenvalue weighted by Gasteiger charge is -2.38. The van der Waals surface area contributed by atoms with Gasteiger partial charge in [0.2, 0.25) is 5.91 Å². The van der Waals surface area contributed by atoms with Gasteiger partial charge in [0.25, 0.3) is 0 Å². The van der Waals surface area contributed by atoms with Crippen molar-refractivity contribution in [2.75, 3.05) is 27.3 Å². The van der Waals surface area contributed by atoms with Gasteiger partial charge in [-0.15, -0.1) is 0 Å². The molecule has 2 N–H and O–H groups in total. The molecule has 1 aliphatic carbocycles. The van der Waals surface area contributed by atoms with Crippen LogP contribution in [0.25, 0.3) is 0 Å². The highest BCUT2D eigenvalue weighted by atomic mass is 16.5. The van der Waals surface area contributed by atoms with Gasteiger partial charge in [-0.3, -0.25) is 4.79 Å². The van der Waals surface area contributed by atoms with E-state index in [-0.39, 0.29) is 17.7 Å². The van der Waals surface area contributed by atoms with Crippen molar-refractivity contribution in [3.63, 3.8) is 0 Å². The molecule has 3 rings (SSSR count). The third-order valence-electron chi connectivity index (χ3n) is 5.67. The zero-order valence-electron chi connectivity index (χ0n) is 16.4. The van der Waals surface area contributed by atoms with Crippen molar-refractivity contribution < 1.29 is 14.3 Å². The highest BCUT2D eigenvalue weighted by molar-refractivity contribution is 6.07. The second kappa shape index (κ2) is 9.22. The molecule has 1 aromatic rings. The number of carbonyl (C=O) groups is 1. The fourth-order valence-corrected chi connectivity index (χ4v) is 4.21. The van der Waals surface area contributed by atoms with E-state index in [0.717, 1.165) is 56.2 Å². The molecule has 2 atom stereocenters. The lowest BCUT2D eigenvalue weighted by molar-refractivity contribution is -0.139. The fraction of sp³-hybridized carbons (Fsp3) is 0.619. The standard InChI is InChI=1S/C21H31N3O3/c1-26-18-11-10-15(14-19(18)27-2)20-16-8-4-5-9-17(16)21(25)24(23-20)13-7-3-6-12-22/h10-11,14,16-17H,3-9,12-13,22H2,1-2H3/t16-,17+/m0/s1. The number of nitrogens with zero attached hydrogens (tertiary/aromatic N) is 2. The largest absolute Gasteiger partial charge is 0.493 e. The number of methoxy groups -OCH3 is 2. The second-order valence-electron chi connectivity index (χ2n) is 7.36. The third-order valence-corrected chi connectivity index (χ3v) is 5.67. The number of hydrogen-bond acceptors (Lipinski definition) is 5. The van der Waals surface area contributed by atoms with E-state index in [2.05, 4.69) is 0 Å². The van der Waals surface area contributed by atoms with E-state index in [9.17, 15) is 4.79 Å². The van der Waals surface area contributed by atoms with Crippen LogP contribution in [0.5, 0.6) is 11.5 Å². The van der Waals surface area contributed by atoms with Crippen LogP contribution in [0.3, 0.4) is 0 Å². The number of nitrogens with two attached hydrogens (primary N) is 1. The van der Waals surface area contributed by atoms with Crippen LogP contribution >= 0.6 is 0 Å². The molecule has 0 saturated heterocycles. The van der Waals surface area contributed by atoms with Crippen LogP contribution in [0.2, 0.25) is 0 Å². The van der Waals surface area contributed by atoms with Crippen LogP contribution < -0.4 is 15.2 Å². The Bertz CT molecular complexity index is 689. The highest BCUT2D eigenvalue weighted by Crippen LogP contribution is 2.39. The summed E-state index contributed by atoms with van der Waals surface area (Å²) in [6.07, 6.45) is 7.18. The second-order valence-corrected chi connectivity index (χ2v) is 7.36. The molecule has 148 valence electrons. The molecule has 0 radical (unpaired) electrons. The van der Waals surface area contributed by atoms with E-state index < -0.39 is 0 Å². The van der Waals surface area contributed by atoms with Crippen molar-refractivity contribution >= 4 is 11.6 Å². The lowest BCUT2D eigenvalue weighted by atomic mass is 9.73. The van der Waals surface area contributed by atoms with Gasteiger partial charge in [-0.25, -0.2) is 5.01 Å². The molecule has 1 aromatic carbocycles. The quantitative estimate of drug-likeness (QED) is 0.710. The molecule has 6 heteroatoms. The van der Waals surface area contributed by atoms with Crippen molar-refractivity contribution in [2.45, 2.75) is 44.9 Å². The molecule has 0 unspecified atom stereocenters. The van der Waals surface area contributed by atoms with Crippen LogP contribution in [0, 0.1) is 11.8 Å². The number of hydrazone groups is 1. The molecule has 1 amide bonds. The molecule has 0 aromatic heterocycles. The van der Waals surface area contributed by atoms with Gasteiger partial charge in [0.05, 0.1) is 19.9 Å². The van der Waals surface area contributed by atoms with Gasteiger partial charge in [0.1, 0.15) is 0 Å². The Hall–Kier alpha value is -2.08. The molecule has 1 fully saturated rings. The Morgan fingerprint density at radius 1 is 1.07 bits per heavy atom. The van der Waals surface area contributed by atoms with Crippen LogP contribution in [0.15, 0.2) is 23.3 Å². The Morgan fingerprint density at radius 2 is 1.81 bits per heavy atom. The lowest BCUT2D eigenvalue weighted by Crippen LogP contribution is -2.46. The summed E-state index contributed by atoms with van der Waals surface area (Å²) in [6, 6.07) is 5.91. The minimum atomic E-state index is 0.0499. The first-order valence-electron chi connectivity index (χ1n) is 10.0. The van der Waals surface area contributed by atoms with Crippen molar-refractivity contribution in [3.05, 3.63) is 23.8 Å². The summed E-state index contributed by atoms with van der Waals surface area (Å²) in [5, 5.41) is 6.52. The van der Waals surface area contributed by atoms with Crippen LogP contribution in [0.4, 0.5) is 0 Å². The molecular formula is C21H31N3O3. The first-order chi connectivity index (χ1) is 13.2. The molecule has 1 heterocycles. The average Bonchev–Trinajstić information content (AvgIpc) is 2.72. The Morgan fingerprint density at radius 3 is 2.52 bits per heavy atom. The Balaban J connectivity index is 1.90. The van der Waals surface area contributed by atoms with Gasteiger partial charge in [-0.2, -0.15) is 5.10 Å². The van der Waals surface area contributed by atoms with E-state index in [1.54, 1.807) is 19.2 Å². The molecule has 2 aliphatic rings. The van der Waals surface area contributed by atoms with Gasteiger partial charge < -0.3 is 15.2 Å². The van der Waals surface area contributed by atoms with Crippen molar-refractivity contribution in [3.8, 4) is 11.5 Å². The molecule has 0 bridgehead atoms. The SMILES string of the molecule is COc1ccc(C2=NN(CCCCCN)C(=O)[C@@H]3CCCC[C@H]23)cc1OC. The summed E-state index contributed by atoms with van der Waals surface area (Å²) >= 11 is 0. The predicted octanol–water partition coefficient (Wildman–Crippen LogP) is 3.19. The summed E-state index contributed by atoms with van der Waals surface area (Å²) in [7, 11) is 3.27. The Kier molecular flexibility index (Phi) is 6.72. The average molecular weight is 373 g/mol. The summed E-state index contributed by atoms with van der Waals surface area (Å²) < 4.78 is 10.8. The Labute approximate surface area is 161 Å². The maximum Gasteiger partial charge on any atom is 0.246 e. The predicted molar refractivity (Wildman–Crippen MR) is 106 cm³/mol. The monoisotopic (exact) mass is 373 g/mol. The number of unbranched alkanes of at least 4 members (excludes halogenated alkanes) is 2. The number of ether oxygens (including phenoxy) is 2. The van der Waals surface area contributed by atoms with Gasteiger partial charge in [-0.1, -0.05) is 19.3 Å². The van der Waals surface area contributed by atoms with E-state index in [1.807, 2.05) is 18.2 Å². The summed E-state index contributed by atoms with van der Waals surface area (Å²) in [5.41, 5.74) is 7.61. The molecule has 1 saturated carbocycles. The van der Waals surface area contributed by atoms with Crippen molar-refractivity contribution in [1.82, 2.24) is 5.01 Å². The van der Waals surface area contributed by atoms with E-state index in [0.29, 0.717) is 24.6 Å². The summed E-state index contributed by atoms with van der Waals surface area (Å²) in [5.74, 6) is 1.83. The van der Waals surface area contributed by atoms with Crippen LogP contribution in [-0.4, -0.2) is 43.9 Å². The minimum absolute atomic E-state index is 0.0499.